The molecule has 29 heavy (non-hydrogen) atoms. The number of hydrogen-bond acceptors (Lipinski definition) is 4. The van der Waals surface area contributed by atoms with Gasteiger partial charge in [0.25, 0.3) is 0 Å². The van der Waals surface area contributed by atoms with Crippen LogP contribution < -0.4 is 4.90 Å². The Hall–Kier alpha value is -2.86. The summed E-state index contributed by atoms with van der Waals surface area (Å²) in [6, 6.07) is 13.3. The first-order valence-corrected chi connectivity index (χ1v) is 10.5. The average molecular weight is 446 g/mol. The molecule has 1 aliphatic heterocycles. The maximum Gasteiger partial charge on any atom is 0.238 e. The van der Waals surface area contributed by atoms with E-state index in [1.807, 2.05) is 42.5 Å². The van der Waals surface area contributed by atoms with Gasteiger partial charge >= 0.3 is 0 Å². The lowest BCUT2D eigenvalue weighted by atomic mass is 9.85. The lowest BCUT2D eigenvalue weighted by Gasteiger charge is -2.17. The minimum absolute atomic E-state index is 0.0582. The molecule has 3 aromatic rings. The van der Waals surface area contributed by atoms with Crippen LogP contribution in [0, 0.1) is 23.7 Å². The number of halogens is 1. The molecular formula is C23H16BrN3O2. The smallest absolute Gasteiger partial charge is 0.238 e. The molecule has 2 aliphatic carbocycles. The van der Waals surface area contributed by atoms with Crippen molar-refractivity contribution < 1.29 is 9.59 Å². The number of imide groups is 1. The molecule has 142 valence electrons. The van der Waals surface area contributed by atoms with Gasteiger partial charge in [-0.15, -0.1) is 0 Å². The van der Waals surface area contributed by atoms with E-state index < -0.39 is 0 Å². The van der Waals surface area contributed by atoms with Gasteiger partial charge in [0.2, 0.25) is 11.8 Å². The first kappa shape index (κ1) is 17.0. The van der Waals surface area contributed by atoms with Gasteiger partial charge in [0.1, 0.15) is 0 Å². The number of aromatic nitrogens is 2. The topological polar surface area (TPSA) is 63.2 Å². The summed E-state index contributed by atoms with van der Waals surface area (Å²) < 4.78 is 0.985. The Balaban J connectivity index is 1.32. The maximum absolute atomic E-state index is 13.0. The Labute approximate surface area is 175 Å². The monoisotopic (exact) mass is 445 g/mol. The summed E-state index contributed by atoms with van der Waals surface area (Å²) in [7, 11) is 0. The van der Waals surface area contributed by atoms with Crippen LogP contribution in [0.1, 0.15) is 6.42 Å². The number of benzene rings is 2. The first-order chi connectivity index (χ1) is 14.1. The van der Waals surface area contributed by atoms with Gasteiger partial charge in [-0.2, -0.15) is 0 Å². The number of anilines is 1. The summed E-state index contributed by atoms with van der Waals surface area (Å²) in [4.78, 5) is 36.4. The Bertz CT molecular complexity index is 1190. The fourth-order valence-electron chi connectivity index (χ4n) is 5.06. The molecule has 6 rings (SSSR count). The van der Waals surface area contributed by atoms with Gasteiger partial charge in [0, 0.05) is 21.6 Å². The Morgan fingerprint density at radius 2 is 1.62 bits per heavy atom. The number of nitrogens with zero attached hydrogens (tertiary/aromatic N) is 3. The van der Waals surface area contributed by atoms with E-state index in [1.165, 1.54) is 4.90 Å². The summed E-state index contributed by atoms with van der Waals surface area (Å²) >= 11 is 3.46. The number of fused-ring (bicyclic) bond motifs is 6. The van der Waals surface area contributed by atoms with Gasteiger partial charge in [-0.25, -0.2) is 9.97 Å². The molecule has 2 fully saturated rings. The van der Waals surface area contributed by atoms with Crippen molar-refractivity contribution in [1.29, 1.82) is 0 Å². The van der Waals surface area contributed by atoms with E-state index in [9.17, 15) is 9.59 Å². The Kier molecular flexibility index (Phi) is 3.56. The van der Waals surface area contributed by atoms with E-state index in [-0.39, 0.29) is 35.5 Å². The first-order valence-electron chi connectivity index (χ1n) is 9.69. The molecule has 1 unspecified atom stereocenters. The highest BCUT2D eigenvalue weighted by atomic mass is 79.9. The number of allylic oxidation sites excluding steroid dienone is 2. The summed E-state index contributed by atoms with van der Waals surface area (Å²) in [6.07, 6.45) is 6.96. The molecule has 1 saturated heterocycles. The van der Waals surface area contributed by atoms with Gasteiger partial charge in [-0.1, -0.05) is 28.1 Å². The molecule has 1 saturated carbocycles. The van der Waals surface area contributed by atoms with Crippen LogP contribution in [0.5, 0.6) is 0 Å². The number of amides is 2. The lowest BCUT2D eigenvalue weighted by Crippen LogP contribution is -2.32. The second-order valence-electron chi connectivity index (χ2n) is 7.96. The van der Waals surface area contributed by atoms with Crippen LogP contribution in [0.2, 0.25) is 0 Å². The van der Waals surface area contributed by atoms with Crippen LogP contribution in [0.15, 0.2) is 65.3 Å². The Morgan fingerprint density at radius 1 is 0.931 bits per heavy atom. The number of hydrogen-bond donors (Lipinski definition) is 0. The molecule has 0 N–H and O–H groups in total. The van der Waals surface area contributed by atoms with Crippen molar-refractivity contribution in [2.45, 2.75) is 6.42 Å². The highest BCUT2D eigenvalue weighted by Gasteiger charge is 2.59. The van der Waals surface area contributed by atoms with E-state index in [4.69, 9.17) is 0 Å². The highest BCUT2D eigenvalue weighted by molar-refractivity contribution is 9.10. The molecule has 0 radical (unpaired) electrons. The van der Waals surface area contributed by atoms with E-state index in [0.29, 0.717) is 11.5 Å². The third-order valence-corrected chi connectivity index (χ3v) is 6.89. The minimum atomic E-state index is -0.180. The molecular weight excluding hydrogens is 430 g/mol. The molecule has 4 atom stereocenters. The van der Waals surface area contributed by atoms with Crippen LogP contribution in [-0.4, -0.2) is 21.8 Å². The molecule has 5 nitrogen and oxygen atoms in total. The molecule has 2 aromatic carbocycles. The van der Waals surface area contributed by atoms with E-state index in [1.54, 1.807) is 6.20 Å². The van der Waals surface area contributed by atoms with Gasteiger partial charge in [-0.05, 0) is 60.7 Å². The van der Waals surface area contributed by atoms with Crippen molar-refractivity contribution in [3.05, 3.63) is 65.3 Å². The van der Waals surface area contributed by atoms with Crippen molar-refractivity contribution in [2.24, 2.45) is 23.7 Å². The largest absolute Gasteiger partial charge is 0.274 e. The predicted molar refractivity (Wildman–Crippen MR) is 113 cm³/mol. The van der Waals surface area contributed by atoms with Crippen molar-refractivity contribution in [3.8, 4) is 11.4 Å². The van der Waals surface area contributed by atoms with Crippen molar-refractivity contribution in [1.82, 2.24) is 9.97 Å². The van der Waals surface area contributed by atoms with E-state index >= 15 is 0 Å². The number of carbonyl (C=O) groups excluding carboxylic acids is 2. The fourth-order valence-corrected chi connectivity index (χ4v) is 5.44. The minimum Gasteiger partial charge on any atom is -0.274 e. The molecule has 2 amide bonds. The summed E-state index contributed by atoms with van der Waals surface area (Å²) in [5.74, 6) is 0.577. The van der Waals surface area contributed by atoms with Gasteiger partial charge in [0.05, 0.1) is 23.0 Å². The normalized spacial score (nSPS) is 27.3. The summed E-state index contributed by atoms with van der Waals surface area (Å²) in [6.45, 7) is 0. The van der Waals surface area contributed by atoms with Crippen LogP contribution in [0.25, 0.3) is 22.3 Å². The van der Waals surface area contributed by atoms with Crippen LogP contribution >= 0.6 is 15.9 Å². The van der Waals surface area contributed by atoms with Crippen molar-refractivity contribution in [2.75, 3.05) is 4.90 Å². The zero-order valence-electron chi connectivity index (χ0n) is 15.3. The summed E-state index contributed by atoms with van der Waals surface area (Å²) in [5.41, 5.74) is 2.34. The van der Waals surface area contributed by atoms with Crippen LogP contribution in [-0.2, 0) is 9.59 Å². The number of rotatable bonds is 2. The standard InChI is InChI=1S/C23H16BrN3O2/c24-16-5-8-18-15(10-16)11-25-21(26-18)12-3-6-17(7-4-12)27-22(28)19-13-1-2-14(9-13)20(19)23(27)29/h1-8,10-11,13-14,19-20H,9H2/t13-,14?,19-,20+/m1/s1. The van der Waals surface area contributed by atoms with E-state index in [0.717, 1.165) is 27.4 Å². The van der Waals surface area contributed by atoms with Crippen molar-refractivity contribution in [3.63, 3.8) is 0 Å². The van der Waals surface area contributed by atoms with Gasteiger partial charge in [0.15, 0.2) is 5.82 Å². The molecule has 2 heterocycles. The predicted octanol–water partition coefficient (Wildman–Crippen LogP) is 4.37. The zero-order valence-corrected chi connectivity index (χ0v) is 16.9. The second kappa shape index (κ2) is 6.07. The molecule has 0 spiro atoms. The highest BCUT2D eigenvalue weighted by Crippen LogP contribution is 2.53. The summed E-state index contributed by atoms with van der Waals surface area (Å²) in [5, 5.41) is 0.961. The molecule has 6 heteroatoms. The lowest BCUT2D eigenvalue weighted by molar-refractivity contribution is -0.123. The second-order valence-corrected chi connectivity index (χ2v) is 8.87. The van der Waals surface area contributed by atoms with Crippen LogP contribution in [0.4, 0.5) is 5.69 Å². The average Bonchev–Trinajstić information content (AvgIpc) is 3.42. The third kappa shape index (κ3) is 2.45. The Morgan fingerprint density at radius 3 is 2.31 bits per heavy atom. The molecule has 2 bridgehead atoms. The van der Waals surface area contributed by atoms with E-state index in [2.05, 4.69) is 38.0 Å². The SMILES string of the molecule is O=C1[C@@H]2[C@@H]3C=CC(C3)[C@@H]2C(=O)N1c1ccc(-c2ncc3cc(Br)ccc3n2)cc1. The molecule has 3 aliphatic rings. The van der Waals surface area contributed by atoms with Crippen molar-refractivity contribution >= 4 is 44.3 Å². The van der Waals surface area contributed by atoms with Gasteiger partial charge in [-0.3, -0.25) is 14.5 Å². The quantitative estimate of drug-likeness (QED) is 0.433. The third-order valence-electron chi connectivity index (χ3n) is 6.40. The zero-order chi connectivity index (χ0) is 19.7. The van der Waals surface area contributed by atoms with Crippen LogP contribution in [0.3, 0.4) is 0 Å². The van der Waals surface area contributed by atoms with Gasteiger partial charge < -0.3 is 0 Å². The molecule has 1 aromatic heterocycles. The number of carbonyl (C=O) groups is 2. The maximum atomic E-state index is 13.0. The fraction of sp³-hybridized carbons (Fsp3) is 0.217.